The van der Waals surface area contributed by atoms with Crippen molar-refractivity contribution in [2.45, 2.75) is 32.6 Å². The molecule has 0 unspecified atom stereocenters. The van der Waals surface area contributed by atoms with Gasteiger partial charge in [0.2, 0.25) is 17.8 Å². The Balaban J connectivity index is 1.41. The van der Waals surface area contributed by atoms with Crippen LogP contribution in [0.15, 0.2) is 48.8 Å². The highest BCUT2D eigenvalue weighted by Crippen LogP contribution is 2.30. The molecule has 1 aliphatic heterocycles. The Morgan fingerprint density at radius 1 is 1.12 bits per heavy atom. The first-order valence-electron chi connectivity index (χ1n) is 10.6. The number of piperidine rings is 1. The zero-order valence-corrected chi connectivity index (χ0v) is 18.2. The Morgan fingerprint density at radius 2 is 1.88 bits per heavy atom. The third kappa shape index (κ3) is 5.01. The van der Waals surface area contributed by atoms with Crippen LogP contribution in [0, 0.1) is 18.3 Å². The van der Waals surface area contributed by atoms with Gasteiger partial charge in [0, 0.05) is 31.4 Å². The summed E-state index contributed by atoms with van der Waals surface area (Å²) >= 11 is 0. The number of hydrogen-bond donors (Lipinski definition) is 2. The van der Waals surface area contributed by atoms with Crippen molar-refractivity contribution in [1.82, 2.24) is 15.0 Å². The van der Waals surface area contributed by atoms with Crippen LogP contribution in [-0.4, -0.2) is 33.9 Å². The second kappa shape index (κ2) is 9.43. The number of rotatable bonds is 5. The normalized spacial score (nSPS) is 14.0. The number of benzene rings is 2. The Kier molecular flexibility index (Phi) is 6.26. The molecule has 8 heteroatoms. The van der Waals surface area contributed by atoms with E-state index in [0.29, 0.717) is 23.4 Å². The average Bonchev–Trinajstić information content (AvgIpc) is 2.81. The molecule has 2 aromatic carbocycles. The van der Waals surface area contributed by atoms with E-state index < -0.39 is 0 Å². The largest absolute Gasteiger partial charge is 0.341 e. The van der Waals surface area contributed by atoms with Crippen LogP contribution in [0.5, 0.6) is 0 Å². The van der Waals surface area contributed by atoms with Crippen LogP contribution in [-0.2, 0) is 4.79 Å². The molecule has 1 saturated heterocycles. The first-order valence-corrected chi connectivity index (χ1v) is 10.6. The van der Waals surface area contributed by atoms with E-state index in [-0.39, 0.29) is 5.91 Å². The van der Waals surface area contributed by atoms with Crippen LogP contribution in [0.1, 0.15) is 42.4 Å². The standard InChI is InChI=1S/C24H25N7O/c1-16-3-8-21(13-22(16)28-17(2)32)29-23-26-15-27-24(30-23)31-11-9-20(10-12-31)19-6-4-18(14-25)5-7-19/h3-8,13,15,20H,9-12H2,1-2H3,(H,28,32)(H,26,27,29,30). The van der Waals surface area contributed by atoms with Crippen molar-refractivity contribution >= 4 is 29.2 Å². The van der Waals surface area contributed by atoms with Gasteiger partial charge in [-0.2, -0.15) is 10.2 Å². The van der Waals surface area contributed by atoms with E-state index in [1.807, 2.05) is 37.3 Å². The van der Waals surface area contributed by atoms with Crippen molar-refractivity contribution in [2.24, 2.45) is 0 Å². The summed E-state index contributed by atoms with van der Waals surface area (Å²) < 4.78 is 0. The van der Waals surface area contributed by atoms with E-state index in [0.717, 1.165) is 42.9 Å². The molecule has 162 valence electrons. The number of carbonyl (C=O) groups is 1. The zero-order valence-electron chi connectivity index (χ0n) is 18.2. The molecule has 2 heterocycles. The van der Waals surface area contributed by atoms with Crippen LogP contribution >= 0.6 is 0 Å². The SMILES string of the molecule is CC(=O)Nc1cc(Nc2ncnc(N3CCC(c4ccc(C#N)cc4)CC3)n2)ccc1C. The number of amides is 1. The van der Waals surface area contributed by atoms with Crippen molar-refractivity contribution in [3.8, 4) is 6.07 Å². The average molecular weight is 428 g/mol. The maximum atomic E-state index is 11.4. The molecule has 0 bridgehead atoms. The number of hydrogen-bond acceptors (Lipinski definition) is 7. The Morgan fingerprint density at radius 3 is 2.56 bits per heavy atom. The Hall–Kier alpha value is -3.99. The number of aromatic nitrogens is 3. The molecular formula is C24H25N7O. The summed E-state index contributed by atoms with van der Waals surface area (Å²) in [6.45, 7) is 5.14. The van der Waals surface area contributed by atoms with E-state index in [2.05, 4.69) is 48.7 Å². The van der Waals surface area contributed by atoms with Gasteiger partial charge in [-0.3, -0.25) is 4.79 Å². The first-order chi connectivity index (χ1) is 15.5. The van der Waals surface area contributed by atoms with Gasteiger partial charge in [0.1, 0.15) is 6.33 Å². The van der Waals surface area contributed by atoms with Gasteiger partial charge in [0.15, 0.2) is 0 Å². The lowest BCUT2D eigenvalue weighted by Gasteiger charge is -2.32. The maximum Gasteiger partial charge on any atom is 0.231 e. The molecule has 32 heavy (non-hydrogen) atoms. The van der Waals surface area contributed by atoms with E-state index in [1.165, 1.54) is 18.8 Å². The molecule has 3 aromatic rings. The second-order valence-corrected chi connectivity index (χ2v) is 7.94. The zero-order chi connectivity index (χ0) is 22.5. The van der Waals surface area contributed by atoms with Gasteiger partial charge in [-0.1, -0.05) is 18.2 Å². The van der Waals surface area contributed by atoms with Gasteiger partial charge in [-0.25, -0.2) is 9.97 Å². The number of nitrogens with zero attached hydrogens (tertiary/aromatic N) is 5. The summed E-state index contributed by atoms with van der Waals surface area (Å²) in [6, 6.07) is 15.8. The Bertz CT molecular complexity index is 1150. The third-order valence-corrected chi connectivity index (χ3v) is 5.65. The molecule has 1 amide bonds. The van der Waals surface area contributed by atoms with Gasteiger partial charge in [0.05, 0.1) is 11.6 Å². The molecule has 0 atom stereocenters. The lowest BCUT2D eigenvalue weighted by molar-refractivity contribution is -0.114. The molecule has 0 aliphatic carbocycles. The minimum atomic E-state index is -0.114. The molecule has 2 N–H and O–H groups in total. The summed E-state index contributed by atoms with van der Waals surface area (Å²) in [5, 5.41) is 15.0. The molecule has 0 saturated carbocycles. The third-order valence-electron chi connectivity index (χ3n) is 5.65. The smallest absolute Gasteiger partial charge is 0.231 e. The van der Waals surface area contributed by atoms with Crippen molar-refractivity contribution in [1.29, 1.82) is 5.26 Å². The minimum absolute atomic E-state index is 0.114. The van der Waals surface area contributed by atoms with Crippen LogP contribution in [0.2, 0.25) is 0 Å². The number of anilines is 4. The fourth-order valence-electron chi connectivity index (χ4n) is 3.90. The quantitative estimate of drug-likeness (QED) is 0.630. The van der Waals surface area contributed by atoms with Crippen molar-refractivity contribution < 1.29 is 4.79 Å². The summed E-state index contributed by atoms with van der Waals surface area (Å²) in [5.41, 5.74) is 4.48. The molecule has 1 aromatic heterocycles. The summed E-state index contributed by atoms with van der Waals surface area (Å²) in [6.07, 6.45) is 3.51. The van der Waals surface area contributed by atoms with Gasteiger partial charge in [-0.15, -0.1) is 0 Å². The Labute approximate surface area is 187 Å². The number of carbonyl (C=O) groups excluding carboxylic acids is 1. The monoisotopic (exact) mass is 427 g/mol. The van der Waals surface area contributed by atoms with Crippen molar-refractivity contribution in [3.05, 3.63) is 65.5 Å². The van der Waals surface area contributed by atoms with Gasteiger partial charge < -0.3 is 15.5 Å². The minimum Gasteiger partial charge on any atom is -0.341 e. The summed E-state index contributed by atoms with van der Waals surface area (Å²) in [5.74, 6) is 1.46. The van der Waals surface area contributed by atoms with E-state index >= 15 is 0 Å². The van der Waals surface area contributed by atoms with Crippen molar-refractivity contribution in [2.75, 3.05) is 28.6 Å². The molecule has 8 nitrogen and oxygen atoms in total. The van der Waals surface area contributed by atoms with E-state index in [4.69, 9.17) is 5.26 Å². The molecule has 1 fully saturated rings. The van der Waals surface area contributed by atoms with Crippen LogP contribution in [0.25, 0.3) is 0 Å². The second-order valence-electron chi connectivity index (χ2n) is 7.94. The fraction of sp³-hybridized carbons (Fsp3) is 0.292. The first kappa shape index (κ1) is 21.2. The molecular weight excluding hydrogens is 402 g/mol. The van der Waals surface area contributed by atoms with Crippen LogP contribution < -0.4 is 15.5 Å². The number of aryl methyl sites for hydroxylation is 1. The molecule has 4 rings (SSSR count). The lowest BCUT2D eigenvalue weighted by atomic mass is 9.89. The fourth-order valence-corrected chi connectivity index (χ4v) is 3.90. The summed E-state index contributed by atoms with van der Waals surface area (Å²) in [4.78, 5) is 26.8. The molecule has 1 aliphatic rings. The lowest BCUT2D eigenvalue weighted by Crippen LogP contribution is -2.34. The van der Waals surface area contributed by atoms with Crippen molar-refractivity contribution in [3.63, 3.8) is 0 Å². The topological polar surface area (TPSA) is 107 Å². The van der Waals surface area contributed by atoms with E-state index in [9.17, 15) is 4.79 Å². The van der Waals surface area contributed by atoms with E-state index in [1.54, 1.807) is 0 Å². The van der Waals surface area contributed by atoms with Gasteiger partial charge >= 0.3 is 0 Å². The molecule has 0 radical (unpaired) electrons. The predicted molar refractivity (Wildman–Crippen MR) is 124 cm³/mol. The number of nitrogens with one attached hydrogen (secondary N) is 2. The number of nitriles is 1. The van der Waals surface area contributed by atoms with Crippen LogP contribution in [0.4, 0.5) is 23.3 Å². The van der Waals surface area contributed by atoms with Crippen LogP contribution in [0.3, 0.4) is 0 Å². The highest BCUT2D eigenvalue weighted by molar-refractivity contribution is 5.90. The highest BCUT2D eigenvalue weighted by Gasteiger charge is 2.22. The highest BCUT2D eigenvalue weighted by atomic mass is 16.1. The predicted octanol–water partition coefficient (Wildman–Crippen LogP) is 4.14. The molecule has 0 spiro atoms. The maximum absolute atomic E-state index is 11.4. The van der Waals surface area contributed by atoms with Gasteiger partial charge in [-0.05, 0) is 61.1 Å². The summed E-state index contributed by atoms with van der Waals surface area (Å²) in [7, 11) is 0. The van der Waals surface area contributed by atoms with Gasteiger partial charge in [0.25, 0.3) is 0 Å².